The van der Waals surface area contributed by atoms with Gasteiger partial charge in [0.2, 0.25) is 5.91 Å². The van der Waals surface area contributed by atoms with E-state index in [4.69, 9.17) is 19.2 Å². The first-order chi connectivity index (χ1) is 39.7. The summed E-state index contributed by atoms with van der Waals surface area (Å²) in [5.74, 6) is -0.653. The van der Waals surface area contributed by atoms with Crippen LogP contribution in [-0.4, -0.2) is 80.4 Å². The number of methoxy groups -OCH3 is 1. The molecular formula is C68H57N7O6. The Morgan fingerprint density at radius 1 is 0.753 bits per heavy atom. The summed E-state index contributed by atoms with van der Waals surface area (Å²) in [4.78, 5) is 51.6. The highest BCUT2D eigenvalue weighted by molar-refractivity contribution is 6.31. The molecule has 81 heavy (non-hydrogen) atoms. The topological polar surface area (TPSA) is 134 Å². The Morgan fingerprint density at radius 2 is 1.32 bits per heavy atom. The van der Waals surface area contributed by atoms with Gasteiger partial charge in [0.1, 0.15) is 30.5 Å². The maximum Gasteiger partial charge on any atom is 0.407 e. The molecule has 0 saturated carbocycles. The number of para-hydroxylation sites is 2. The first-order valence-corrected chi connectivity index (χ1v) is 27.8. The van der Waals surface area contributed by atoms with Crippen molar-refractivity contribution in [3.8, 4) is 11.1 Å². The van der Waals surface area contributed by atoms with Gasteiger partial charge in [-0.1, -0.05) is 176 Å². The van der Waals surface area contributed by atoms with Crippen LogP contribution in [0.25, 0.3) is 54.7 Å². The molecule has 8 aromatic carbocycles. The Kier molecular flexibility index (Phi) is 11.2. The number of benzene rings is 8. The minimum absolute atomic E-state index is 0.0289. The molecule has 11 aromatic rings. The summed E-state index contributed by atoms with van der Waals surface area (Å²) in [5.41, 5.74) is 11.3. The Bertz CT molecular complexity index is 4200. The van der Waals surface area contributed by atoms with E-state index in [2.05, 4.69) is 116 Å². The van der Waals surface area contributed by atoms with Crippen molar-refractivity contribution >= 4 is 61.5 Å². The van der Waals surface area contributed by atoms with Crippen LogP contribution in [0.5, 0.6) is 0 Å². The lowest BCUT2D eigenvalue weighted by Gasteiger charge is -2.50. The number of rotatable bonds is 12. The van der Waals surface area contributed by atoms with E-state index in [0.29, 0.717) is 24.2 Å². The van der Waals surface area contributed by atoms with E-state index in [1.807, 2.05) is 116 Å². The average molecular weight is 1070 g/mol. The van der Waals surface area contributed by atoms with Crippen LogP contribution in [0, 0.1) is 0 Å². The molecule has 4 aliphatic rings. The van der Waals surface area contributed by atoms with Crippen molar-refractivity contribution in [2.45, 2.75) is 67.9 Å². The van der Waals surface area contributed by atoms with Gasteiger partial charge in [0.15, 0.2) is 5.72 Å². The highest BCUT2D eigenvalue weighted by Crippen LogP contribution is 2.55. The SMILES string of the molecule is COC1C(N(C)C(=O)C(Cc2cn(C(c3ccccc3)(c3ccccc3)c3ccccc3)cn2)NC(=O)OCC2c3ccccc3-c3ccccc32)CC2OC1(C)n1c3ccccc3c3c4c(c5c6ccccc6n2c5c31)C(=O)NC4. The van der Waals surface area contributed by atoms with E-state index < -0.39 is 41.8 Å². The largest absolute Gasteiger partial charge is 0.449 e. The fourth-order valence-corrected chi connectivity index (χ4v) is 14.6. The first-order valence-electron chi connectivity index (χ1n) is 27.8. The number of nitrogens with zero attached hydrogens (tertiary/aromatic N) is 5. The number of carbonyl (C=O) groups excluding carboxylic acids is 3. The van der Waals surface area contributed by atoms with E-state index in [9.17, 15) is 9.59 Å². The fraction of sp³-hybridized carbons (Fsp3) is 0.206. The summed E-state index contributed by atoms with van der Waals surface area (Å²) in [7, 11) is 3.47. The van der Waals surface area contributed by atoms with Crippen LogP contribution in [0.1, 0.15) is 74.9 Å². The predicted octanol–water partition coefficient (Wildman–Crippen LogP) is 11.8. The summed E-state index contributed by atoms with van der Waals surface area (Å²) >= 11 is 0. The first kappa shape index (κ1) is 48.8. The molecule has 2 N–H and O–H groups in total. The van der Waals surface area contributed by atoms with Crippen LogP contribution in [0.4, 0.5) is 4.79 Å². The third-order valence-corrected chi connectivity index (χ3v) is 18.0. The van der Waals surface area contributed by atoms with Gasteiger partial charge < -0.3 is 43.4 Å². The van der Waals surface area contributed by atoms with Crippen molar-refractivity contribution in [1.82, 2.24) is 34.2 Å². The number of hydrogen-bond acceptors (Lipinski definition) is 7. The second-order valence-electron chi connectivity index (χ2n) is 22.1. The number of imidazole rings is 1. The van der Waals surface area contributed by atoms with Crippen molar-refractivity contribution in [2.75, 3.05) is 20.8 Å². The number of nitrogens with one attached hydrogen (secondary N) is 2. The molecule has 0 radical (unpaired) electrons. The minimum atomic E-state index is -1.21. The highest BCUT2D eigenvalue weighted by Gasteiger charge is 2.55. The highest BCUT2D eigenvalue weighted by atomic mass is 16.6. The van der Waals surface area contributed by atoms with Gasteiger partial charge in [-0.05, 0) is 63.6 Å². The van der Waals surface area contributed by atoms with Crippen LogP contribution in [0.2, 0.25) is 0 Å². The number of ether oxygens (including phenoxy) is 3. The average Bonchev–Trinajstić information content (AvgIpc) is 1.75. The standard InChI is InChI=1S/C68H57N7O6/c1-67-63(79-3)56(36-57(81-67)74-54-33-19-17-31-49(54)59-60-51(37-69-64(60)76)58-50-32-18-20-34-55(50)75(67)62(58)61(59)74)72(2)65(77)53(71-66(78)80-39-52-47-29-15-13-27-45(47)46-28-14-16-30-48(46)52)35-44-38-73(40-70-44)68(41-21-7-4-8-22-41,42-23-9-5-10-24-42)43-25-11-6-12-26-43/h4-34,38,40,52-53,56-57,63H,35-37,39H2,1-3H3,(H,69,76)(H,71,78). The lowest BCUT2D eigenvalue weighted by atomic mass is 9.77. The van der Waals surface area contributed by atoms with Crippen LogP contribution in [0.3, 0.4) is 0 Å². The van der Waals surface area contributed by atoms with E-state index in [-0.39, 0.29) is 30.8 Å². The molecule has 2 bridgehead atoms. The molecule has 13 nitrogen and oxygen atoms in total. The molecule has 3 amide bonds. The van der Waals surface area contributed by atoms with E-state index >= 15 is 4.79 Å². The zero-order valence-electron chi connectivity index (χ0n) is 45.0. The fourth-order valence-electron chi connectivity index (χ4n) is 14.6. The van der Waals surface area contributed by atoms with Gasteiger partial charge >= 0.3 is 6.09 Å². The zero-order chi connectivity index (χ0) is 54.7. The van der Waals surface area contributed by atoms with Gasteiger partial charge in [-0.2, -0.15) is 0 Å². The van der Waals surface area contributed by atoms with Crippen LogP contribution >= 0.6 is 0 Å². The molecule has 6 heterocycles. The maximum atomic E-state index is 16.1. The molecule has 13 heteroatoms. The van der Waals surface area contributed by atoms with Gasteiger partial charge in [0, 0.05) is 67.2 Å². The van der Waals surface area contributed by atoms with E-state index in [0.717, 1.165) is 88.1 Å². The van der Waals surface area contributed by atoms with Crippen LogP contribution in [0.15, 0.2) is 201 Å². The van der Waals surface area contributed by atoms with Gasteiger partial charge in [0.25, 0.3) is 5.91 Å². The molecule has 3 aliphatic heterocycles. The second-order valence-corrected chi connectivity index (χ2v) is 22.1. The third kappa shape index (κ3) is 7.11. The lowest BCUT2D eigenvalue weighted by Crippen LogP contribution is -2.63. The molecule has 0 spiro atoms. The molecule has 1 saturated heterocycles. The summed E-state index contributed by atoms with van der Waals surface area (Å²) in [6.07, 6.45) is 2.08. The van der Waals surface area contributed by atoms with Crippen molar-refractivity contribution in [3.05, 3.63) is 245 Å². The lowest BCUT2D eigenvalue weighted by molar-refractivity contribution is -0.266. The number of carbonyl (C=O) groups is 3. The maximum absolute atomic E-state index is 16.1. The summed E-state index contributed by atoms with van der Waals surface area (Å²) in [6.45, 7) is 2.51. The molecule has 5 unspecified atom stereocenters. The summed E-state index contributed by atoms with van der Waals surface area (Å²) in [6, 6.07) is 62.2. The van der Waals surface area contributed by atoms with Crippen molar-refractivity contribution in [1.29, 1.82) is 0 Å². The molecule has 3 aromatic heterocycles. The van der Waals surface area contributed by atoms with Gasteiger partial charge in [-0.3, -0.25) is 9.59 Å². The van der Waals surface area contributed by atoms with Crippen LogP contribution < -0.4 is 10.6 Å². The molecule has 5 atom stereocenters. The minimum Gasteiger partial charge on any atom is -0.449 e. The molecular weight excluding hydrogens is 1010 g/mol. The number of alkyl carbamates (subject to hydrolysis) is 1. The smallest absolute Gasteiger partial charge is 0.407 e. The number of hydrogen-bond donors (Lipinski definition) is 2. The van der Waals surface area contributed by atoms with Gasteiger partial charge in [-0.25, -0.2) is 9.78 Å². The second kappa shape index (κ2) is 18.7. The quantitative estimate of drug-likeness (QED) is 0.116. The molecule has 15 rings (SSSR count). The number of likely N-dealkylation sites (N-methyl/N-ethyl adjacent to an activating group) is 1. The Hall–Kier alpha value is -9.30. The van der Waals surface area contributed by atoms with Gasteiger partial charge in [-0.15, -0.1) is 0 Å². The Balaban J connectivity index is 0.840. The van der Waals surface area contributed by atoms with Crippen molar-refractivity contribution in [2.24, 2.45) is 0 Å². The van der Waals surface area contributed by atoms with Crippen LogP contribution in [-0.2, 0) is 43.2 Å². The van der Waals surface area contributed by atoms with Crippen molar-refractivity contribution in [3.63, 3.8) is 0 Å². The van der Waals surface area contributed by atoms with Crippen molar-refractivity contribution < 1.29 is 28.6 Å². The zero-order valence-corrected chi connectivity index (χ0v) is 45.0. The normalized spacial score (nSPS) is 19.3. The molecule has 1 fully saturated rings. The van der Waals surface area contributed by atoms with E-state index in [1.165, 1.54) is 0 Å². The Labute approximate surface area is 467 Å². The summed E-state index contributed by atoms with van der Waals surface area (Å²) < 4.78 is 27.1. The number of fused-ring (bicyclic) bond motifs is 16. The van der Waals surface area contributed by atoms with E-state index in [1.54, 1.807) is 19.1 Å². The summed E-state index contributed by atoms with van der Waals surface area (Å²) in [5, 5.41) is 10.1. The predicted molar refractivity (Wildman–Crippen MR) is 312 cm³/mol. The molecule has 400 valence electrons. The number of aromatic nitrogens is 4. The number of amides is 3. The molecule has 1 aliphatic carbocycles. The third-order valence-electron chi connectivity index (χ3n) is 18.0. The monoisotopic (exact) mass is 1070 g/mol. The Morgan fingerprint density at radius 3 is 1.95 bits per heavy atom. The van der Waals surface area contributed by atoms with Gasteiger partial charge in [0.05, 0.1) is 45.7 Å².